The van der Waals surface area contributed by atoms with E-state index in [0.29, 0.717) is 35.5 Å². The molecule has 0 bridgehead atoms. The monoisotopic (exact) mass is 1360 g/mol. The molecule has 0 saturated carbocycles. The molecule has 0 atom stereocenters. The fourth-order valence-electron chi connectivity index (χ4n) is 7.73. The maximum atomic E-state index is 12.2. The molecule has 2 aliphatic rings. The lowest BCUT2D eigenvalue weighted by molar-refractivity contribution is -0.126. The van der Waals surface area contributed by atoms with Gasteiger partial charge in [-0.1, -0.05) is 212 Å². The van der Waals surface area contributed by atoms with Crippen LogP contribution in [0.15, 0.2) is 187 Å². The quantitative estimate of drug-likeness (QED) is 0.0868. The third-order valence-corrected chi connectivity index (χ3v) is 12.3. The summed E-state index contributed by atoms with van der Waals surface area (Å²) in [5, 5.41) is 67.9. The van der Waals surface area contributed by atoms with Gasteiger partial charge in [0.05, 0.1) is 108 Å². The first-order chi connectivity index (χ1) is 47.4. The molecule has 0 aromatic carbocycles. The number of nitrogens with zero attached hydrogens (tertiary/aromatic N) is 16. The lowest BCUT2D eigenvalue weighted by Gasteiger charge is -2.18. The average molecular weight is 1360 g/mol. The molecule has 2 aliphatic carbocycles. The van der Waals surface area contributed by atoms with E-state index in [1.807, 2.05) is 128 Å². The molecule has 0 saturated heterocycles. The Morgan fingerprint density at radius 3 is 1.25 bits per heavy atom. The zero-order valence-electron chi connectivity index (χ0n) is 61.9. The number of allylic oxidation sites excluding steroid dienone is 32. The standard InChI is InChI=1S/2C12H14N2.C11H11F3N2.C11H12N2.2C10H12N2.C9H10N2.C7H8N2/c1-8(2)10-5-6-11(9(10)3)12(7-13)14-4;1-9(2)10-5-4-6-11(7-10)12(8-13)14-3;1-8(2)4-9(6-11(12,13)14)5-10(7-15)16-3;1-10(2)7-5-4-6-8-11(9-12)13-3;1-8(2)5-9(3)6-10(7-11)12-4;1-8(2)5-6-9(3)10(7-11)12-4;1-8(2)5-4-6-9(7-10)11-3;1-6(2)4-7(5-8)9-3/h8H,5-6H2,1-3H3;7,9H,4-6H2,1-2H3;4-5,8H,6H2,1-2H3;4-8,10H,1-2H3;2*5-6,8H,1-3H3;4-6,8H,1-2H3;4,6H,1-2H3/b2*12-11-;9-4+,10-5+;6-4+,7-5+,11-8-;9-5+,10-6-;6-5+,10-9-;5-4+,9-6-;7-4-. The first-order valence-electron chi connectivity index (χ1n) is 31.9. The Morgan fingerprint density at radius 2 is 0.901 bits per heavy atom. The fraction of sp³-hybridized carbons (Fsp3) is 0.415. The van der Waals surface area contributed by atoms with Gasteiger partial charge in [0, 0.05) is 0 Å². The van der Waals surface area contributed by atoms with E-state index in [0.717, 1.165) is 60.5 Å². The molecule has 0 unspecified atom stereocenters. The van der Waals surface area contributed by atoms with Crippen LogP contribution in [0.5, 0.6) is 0 Å². The minimum absolute atomic E-state index is 0.0462. The van der Waals surface area contributed by atoms with Crippen molar-refractivity contribution in [3.05, 3.63) is 279 Å². The van der Waals surface area contributed by atoms with Gasteiger partial charge in [0.25, 0.3) is 45.6 Å². The molecule has 2 rings (SSSR count). The highest BCUT2D eigenvalue weighted by molar-refractivity contribution is 5.50. The van der Waals surface area contributed by atoms with Crippen LogP contribution in [-0.2, 0) is 0 Å². The van der Waals surface area contributed by atoms with Gasteiger partial charge in [0.2, 0.25) is 0 Å². The van der Waals surface area contributed by atoms with E-state index in [1.54, 1.807) is 63.3 Å². The summed E-state index contributed by atoms with van der Waals surface area (Å²) in [6.07, 6.45) is 27.1. The van der Waals surface area contributed by atoms with Crippen LogP contribution in [0.3, 0.4) is 0 Å². The minimum Gasteiger partial charge on any atom is -0.227 e. The SMILES string of the molecule is [C-]#[N+]/C(C#N)=C(C)\C=C\C(C)C.[C-]#[N+]/C(C#N)=C/C(=C\C(C)C)CC(F)(F)F.[C-]#[N+]/C(C#N)=C1/CCC(C(C)C)=C1C.[C-]#[N+]/C(C#N)=C1\C=C(C(C)C)CCC1.[C-]#[N+]/C(C#N)=C\C(C)=C\C(C)C.[C-]#[N+]/C(C#N)=C\C(C)C.[C-]#[N+]/C(C#N)=C\C=C\C(C)C.[C-]#[N+]\C(C#N)=C/C=C/C=C/C(C)C. The minimum atomic E-state index is -4.33. The first kappa shape index (κ1) is 99.5. The summed E-state index contributed by atoms with van der Waals surface area (Å²) >= 11 is 0. The molecule has 0 radical (unpaired) electrons. The third-order valence-electron chi connectivity index (χ3n) is 12.3. The smallest absolute Gasteiger partial charge is 0.227 e. The Labute approximate surface area is 603 Å². The van der Waals surface area contributed by atoms with Crippen LogP contribution in [0, 0.1) is 191 Å². The summed E-state index contributed by atoms with van der Waals surface area (Å²) in [6, 6.07) is 14.5. The number of halogens is 3. The molecule has 16 nitrogen and oxygen atoms in total. The van der Waals surface area contributed by atoms with Gasteiger partial charge >= 0.3 is 6.18 Å². The molecule has 0 spiro atoms. The number of hydrogen-bond donors (Lipinski definition) is 0. The zero-order valence-corrected chi connectivity index (χ0v) is 61.9. The van der Waals surface area contributed by atoms with Crippen LogP contribution < -0.4 is 0 Å². The summed E-state index contributed by atoms with van der Waals surface area (Å²) in [4.78, 5) is 24.5. The molecule has 0 N–H and O–H groups in total. The van der Waals surface area contributed by atoms with Crippen LogP contribution in [0.2, 0.25) is 0 Å². The molecule has 0 aromatic heterocycles. The third kappa shape index (κ3) is 56.4. The van der Waals surface area contributed by atoms with E-state index in [4.69, 9.17) is 94.7 Å². The van der Waals surface area contributed by atoms with Crippen LogP contribution in [0.25, 0.3) is 38.8 Å². The van der Waals surface area contributed by atoms with Gasteiger partial charge in [0.15, 0.2) is 0 Å². The number of hydrogen-bond acceptors (Lipinski definition) is 8. The molecule has 0 aromatic rings. The molecule has 0 aliphatic heterocycles. The Bertz CT molecular complexity index is 3850. The van der Waals surface area contributed by atoms with Crippen molar-refractivity contribution in [3.63, 3.8) is 0 Å². The highest BCUT2D eigenvalue weighted by atomic mass is 19.4. The lowest BCUT2D eigenvalue weighted by Crippen LogP contribution is -2.08. The van der Waals surface area contributed by atoms with Gasteiger partial charge in [-0.15, -0.1) is 0 Å². The second-order valence-corrected chi connectivity index (χ2v) is 24.2. The molecular weight excluding hydrogens is 1270 g/mol. The predicted octanol–water partition coefficient (Wildman–Crippen LogP) is 24.2. The van der Waals surface area contributed by atoms with E-state index in [1.165, 1.54) is 41.0 Å². The molecule has 0 amide bonds. The van der Waals surface area contributed by atoms with Crippen molar-refractivity contribution in [2.24, 2.45) is 47.3 Å². The van der Waals surface area contributed by atoms with Crippen LogP contribution in [0.1, 0.15) is 170 Å². The van der Waals surface area contributed by atoms with Crippen molar-refractivity contribution in [1.29, 1.82) is 42.1 Å². The Balaban J connectivity index is -0.000000256. The predicted molar refractivity (Wildman–Crippen MR) is 397 cm³/mol. The molecule has 522 valence electrons. The highest BCUT2D eigenvalue weighted by Gasteiger charge is 2.28. The second kappa shape index (κ2) is 61.1. The largest absolute Gasteiger partial charge is 0.392 e. The van der Waals surface area contributed by atoms with Crippen LogP contribution >= 0.6 is 0 Å². The average Bonchev–Trinajstić information content (AvgIpc) is 1.72. The van der Waals surface area contributed by atoms with E-state index in [2.05, 4.69) is 94.1 Å². The summed E-state index contributed by atoms with van der Waals surface area (Å²) in [5.74, 6) is 3.14. The number of nitriles is 8. The number of rotatable bonds is 15. The lowest BCUT2D eigenvalue weighted by atomic mass is 9.88. The maximum absolute atomic E-state index is 12.2. The van der Waals surface area contributed by atoms with Gasteiger partial charge in [-0.05, 0) is 141 Å². The van der Waals surface area contributed by atoms with Gasteiger partial charge in [-0.3, -0.25) is 0 Å². The number of alkyl halides is 3. The molecule has 0 fully saturated rings. The zero-order chi connectivity index (χ0) is 79.2. The van der Waals surface area contributed by atoms with Gasteiger partial charge in [-0.25, -0.2) is 80.9 Å². The van der Waals surface area contributed by atoms with Crippen molar-refractivity contribution in [1.82, 2.24) is 0 Å². The summed E-state index contributed by atoms with van der Waals surface area (Å²) < 4.78 is 36.6. The van der Waals surface area contributed by atoms with Gasteiger partial charge in [0.1, 0.15) is 0 Å². The van der Waals surface area contributed by atoms with Crippen LogP contribution in [0.4, 0.5) is 13.2 Å². The van der Waals surface area contributed by atoms with Crippen LogP contribution in [-0.4, -0.2) is 6.18 Å². The van der Waals surface area contributed by atoms with Crippen molar-refractivity contribution in [3.8, 4) is 48.6 Å². The van der Waals surface area contributed by atoms with E-state index in [9.17, 15) is 13.2 Å². The normalized spacial score (nSPS) is 14.3. The molecular formula is C82H93F3N16. The van der Waals surface area contributed by atoms with Gasteiger partial charge < -0.3 is 0 Å². The Morgan fingerprint density at radius 1 is 0.455 bits per heavy atom. The van der Waals surface area contributed by atoms with E-state index >= 15 is 0 Å². The fourth-order valence-corrected chi connectivity index (χ4v) is 7.73. The Kier molecular flexibility index (Phi) is 60.2. The van der Waals surface area contributed by atoms with Crippen molar-refractivity contribution >= 4 is 0 Å². The Hall–Kier alpha value is -12.5. The van der Waals surface area contributed by atoms with E-state index < -0.39 is 12.6 Å². The van der Waals surface area contributed by atoms with Crippen molar-refractivity contribution in [2.75, 3.05) is 0 Å². The summed E-state index contributed by atoms with van der Waals surface area (Å²) in [5.41, 5.74) is 8.43. The first-order valence-corrected chi connectivity index (χ1v) is 31.9. The van der Waals surface area contributed by atoms with Crippen molar-refractivity contribution in [2.45, 2.75) is 176 Å². The summed E-state index contributed by atoms with van der Waals surface area (Å²) in [7, 11) is 0. The van der Waals surface area contributed by atoms with Crippen molar-refractivity contribution < 1.29 is 13.2 Å². The second-order valence-electron chi connectivity index (χ2n) is 24.2. The van der Waals surface area contributed by atoms with E-state index in [-0.39, 0.29) is 63.0 Å². The maximum Gasteiger partial charge on any atom is 0.392 e. The molecule has 101 heavy (non-hydrogen) atoms. The highest BCUT2D eigenvalue weighted by Crippen LogP contribution is 2.37. The van der Waals surface area contributed by atoms with Gasteiger partial charge in [-0.2, -0.15) is 13.2 Å². The molecule has 0 heterocycles. The topological polar surface area (TPSA) is 225 Å². The summed E-state index contributed by atoms with van der Waals surface area (Å²) in [6.45, 7) is 91.4. The molecule has 19 heteroatoms.